The van der Waals surface area contributed by atoms with Crippen molar-refractivity contribution in [3.05, 3.63) is 77.1 Å². The van der Waals surface area contributed by atoms with Gasteiger partial charge >= 0.3 is 0 Å². The van der Waals surface area contributed by atoms with Crippen molar-refractivity contribution in [2.75, 3.05) is 5.32 Å². The van der Waals surface area contributed by atoms with E-state index in [0.717, 1.165) is 6.07 Å². The summed E-state index contributed by atoms with van der Waals surface area (Å²) >= 11 is 0. The SMILES string of the molecule is NC(=O)c1nnc2[nH]cc3c2c1-c1ccccc1NC3c1ccc(F)cc1F. The maximum Gasteiger partial charge on any atom is 0.269 e. The van der Waals surface area contributed by atoms with Gasteiger partial charge in [-0.3, -0.25) is 4.79 Å². The number of fused-ring (bicyclic) bond motifs is 2. The van der Waals surface area contributed by atoms with Crippen molar-refractivity contribution in [2.24, 2.45) is 5.73 Å². The van der Waals surface area contributed by atoms with E-state index in [0.29, 0.717) is 33.4 Å². The highest BCUT2D eigenvalue weighted by atomic mass is 19.1. The lowest BCUT2D eigenvalue weighted by atomic mass is 9.95. The fraction of sp³-hybridized carbons (Fsp3) is 0.0500. The third-order valence-electron chi connectivity index (χ3n) is 4.94. The van der Waals surface area contributed by atoms with Crippen LogP contribution in [0.5, 0.6) is 0 Å². The lowest BCUT2D eigenvalue weighted by molar-refractivity contribution is 0.0995. The van der Waals surface area contributed by atoms with E-state index < -0.39 is 23.6 Å². The predicted octanol–water partition coefficient (Wildman–Crippen LogP) is 3.52. The van der Waals surface area contributed by atoms with Gasteiger partial charge in [-0.2, -0.15) is 0 Å². The van der Waals surface area contributed by atoms with Crippen LogP contribution in [0.2, 0.25) is 0 Å². The third kappa shape index (κ3) is 2.27. The van der Waals surface area contributed by atoms with E-state index >= 15 is 0 Å². The first-order chi connectivity index (χ1) is 13.5. The van der Waals surface area contributed by atoms with Gasteiger partial charge in [-0.1, -0.05) is 24.3 Å². The van der Waals surface area contributed by atoms with Crippen LogP contribution < -0.4 is 11.1 Å². The van der Waals surface area contributed by atoms with Crippen molar-refractivity contribution in [1.82, 2.24) is 15.2 Å². The van der Waals surface area contributed by atoms with Crippen LogP contribution in [0, 0.1) is 11.6 Å². The second-order valence-corrected chi connectivity index (χ2v) is 6.54. The largest absolute Gasteiger partial charge is 0.373 e. The fourth-order valence-corrected chi connectivity index (χ4v) is 3.74. The minimum Gasteiger partial charge on any atom is -0.373 e. The first-order valence-electron chi connectivity index (χ1n) is 8.53. The molecule has 0 spiro atoms. The smallest absolute Gasteiger partial charge is 0.269 e. The number of para-hydroxylation sites is 1. The molecular formula is C20H13F2N5O. The summed E-state index contributed by atoms with van der Waals surface area (Å²) in [6.07, 6.45) is 1.68. The number of halogens is 2. The lowest BCUT2D eigenvalue weighted by Crippen LogP contribution is -2.15. The second kappa shape index (κ2) is 5.85. The molecule has 3 heterocycles. The number of nitrogens with zero attached hydrogens (tertiary/aromatic N) is 2. The Morgan fingerprint density at radius 3 is 2.68 bits per heavy atom. The Labute approximate surface area is 157 Å². The van der Waals surface area contributed by atoms with E-state index in [9.17, 15) is 13.6 Å². The first kappa shape index (κ1) is 16.4. The molecule has 4 aromatic rings. The van der Waals surface area contributed by atoms with Gasteiger partial charge in [0.1, 0.15) is 11.6 Å². The van der Waals surface area contributed by atoms with Crippen molar-refractivity contribution >= 4 is 22.6 Å². The normalized spacial score (nSPS) is 15.0. The number of rotatable bonds is 2. The monoisotopic (exact) mass is 377 g/mol. The zero-order valence-corrected chi connectivity index (χ0v) is 14.3. The molecule has 2 aromatic heterocycles. The number of amides is 1. The molecule has 0 saturated carbocycles. The summed E-state index contributed by atoms with van der Waals surface area (Å²) in [4.78, 5) is 15.0. The summed E-state index contributed by atoms with van der Waals surface area (Å²) in [5.41, 5.74) is 8.84. The molecule has 2 aromatic carbocycles. The van der Waals surface area contributed by atoms with E-state index in [1.54, 1.807) is 6.20 Å². The number of hydrogen-bond donors (Lipinski definition) is 3. The molecule has 4 N–H and O–H groups in total. The molecule has 0 radical (unpaired) electrons. The number of benzene rings is 2. The van der Waals surface area contributed by atoms with Crippen LogP contribution in [0.15, 0.2) is 48.7 Å². The van der Waals surface area contributed by atoms with Gasteiger partial charge < -0.3 is 16.0 Å². The second-order valence-electron chi connectivity index (χ2n) is 6.54. The highest BCUT2D eigenvalue weighted by Gasteiger charge is 2.30. The van der Waals surface area contributed by atoms with Gasteiger partial charge in [-0.25, -0.2) is 8.78 Å². The summed E-state index contributed by atoms with van der Waals surface area (Å²) in [5, 5.41) is 12.0. The van der Waals surface area contributed by atoms with E-state index in [-0.39, 0.29) is 11.3 Å². The van der Waals surface area contributed by atoms with Crippen LogP contribution >= 0.6 is 0 Å². The Morgan fingerprint density at radius 1 is 1.07 bits per heavy atom. The molecule has 138 valence electrons. The number of anilines is 1. The number of carbonyl (C=O) groups is 1. The highest BCUT2D eigenvalue weighted by molar-refractivity contribution is 6.10. The fourth-order valence-electron chi connectivity index (χ4n) is 3.74. The van der Waals surface area contributed by atoms with Crippen molar-refractivity contribution in [3.8, 4) is 11.1 Å². The third-order valence-corrected chi connectivity index (χ3v) is 4.94. The molecule has 28 heavy (non-hydrogen) atoms. The molecule has 1 aliphatic heterocycles. The van der Waals surface area contributed by atoms with Crippen LogP contribution in [-0.4, -0.2) is 21.1 Å². The van der Waals surface area contributed by atoms with Gasteiger partial charge in [0, 0.05) is 45.6 Å². The first-order valence-corrected chi connectivity index (χ1v) is 8.53. The Morgan fingerprint density at radius 2 is 1.89 bits per heavy atom. The van der Waals surface area contributed by atoms with Gasteiger partial charge in [0.15, 0.2) is 11.3 Å². The molecule has 0 aliphatic carbocycles. The number of nitrogens with one attached hydrogen (secondary N) is 2. The number of aromatic nitrogens is 3. The molecule has 6 nitrogen and oxygen atoms in total. The van der Waals surface area contributed by atoms with Crippen molar-refractivity contribution in [1.29, 1.82) is 0 Å². The average molecular weight is 377 g/mol. The number of H-pyrrole nitrogens is 1. The summed E-state index contributed by atoms with van der Waals surface area (Å²) in [6.45, 7) is 0. The minimum atomic E-state index is -0.710. The molecule has 0 fully saturated rings. The lowest BCUT2D eigenvalue weighted by Gasteiger charge is -2.20. The zero-order valence-electron chi connectivity index (χ0n) is 14.3. The van der Waals surface area contributed by atoms with Crippen molar-refractivity contribution in [3.63, 3.8) is 0 Å². The maximum atomic E-state index is 14.6. The minimum absolute atomic E-state index is 0.0304. The molecule has 0 saturated heterocycles. The molecule has 1 atom stereocenters. The van der Waals surface area contributed by atoms with Gasteiger partial charge in [0.2, 0.25) is 0 Å². The van der Waals surface area contributed by atoms with Crippen LogP contribution in [0.3, 0.4) is 0 Å². The number of hydrogen-bond acceptors (Lipinski definition) is 4. The molecule has 5 rings (SSSR count). The number of aromatic amines is 1. The molecule has 1 aliphatic rings. The van der Waals surface area contributed by atoms with Crippen LogP contribution in [0.1, 0.15) is 27.7 Å². The van der Waals surface area contributed by atoms with E-state index in [1.807, 2.05) is 24.3 Å². The van der Waals surface area contributed by atoms with Gasteiger partial charge in [0.25, 0.3) is 5.91 Å². The number of nitrogens with two attached hydrogens (primary N) is 1. The molecule has 1 unspecified atom stereocenters. The quantitative estimate of drug-likeness (QED) is 0.498. The molecule has 0 bridgehead atoms. The van der Waals surface area contributed by atoms with Crippen molar-refractivity contribution < 1.29 is 13.6 Å². The summed E-state index contributed by atoms with van der Waals surface area (Å²) < 4.78 is 28.1. The Hall–Kier alpha value is -3.81. The van der Waals surface area contributed by atoms with Gasteiger partial charge in [-0.05, 0) is 12.1 Å². The maximum absolute atomic E-state index is 14.6. The molecule has 1 amide bonds. The Bertz CT molecular complexity index is 1270. The van der Waals surface area contributed by atoms with Crippen LogP contribution in [0.4, 0.5) is 14.5 Å². The van der Waals surface area contributed by atoms with Crippen LogP contribution in [-0.2, 0) is 0 Å². The standard InChI is InChI=1S/C20H13F2N5O/c21-9-5-6-10(13(22)7-9)17-12-8-24-20-16(12)15(18(19(23)28)26-27-20)11-3-1-2-4-14(11)25-17/h1-8,17,25H,(H2,23,28)(H,24,27). The predicted molar refractivity (Wildman–Crippen MR) is 99.7 cm³/mol. The van der Waals surface area contributed by atoms with E-state index in [4.69, 9.17) is 5.73 Å². The Kier molecular flexibility index (Phi) is 3.42. The number of primary amides is 1. The zero-order chi connectivity index (χ0) is 19.4. The van der Waals surface area contributed by atoms with Crippen LogP contribution in [0.25, 0.3) is 22.2 Å². The highest BCUT2D eigenvalue weighted by Crippen LogP contribution is 2.44. The molecule has 8 heteroatoms. The summed E-state index contributed by atoms with van der Waals surface area (Å²) in [6, 6.07) is 10.1. The topological polar surface area (TPSA) is 96.7 Å². The van der Waals surface area contributed by atoms with Gasteiger partial charge in [0.05, 0.1) is 6.04 Å². The van der Waals surface area contributed by atoms with Crippen molar-refractivity contribution in [2.45, 2.75) is 6.04 Å². The average Bonchev–Trinajstić information content (AvgIpc) is 3.04. The summed E-state index contributed by atoms with van der Waals surface area (Å²) in [5.74, 6) is -2.04. The summed E-state index contributed by atoms with van der Waals surface area (Å²) in [7, 11) is 0. The number of carbonyl (C=O) groups excluding carboxylic acids is 1. The van der Waals surface area contributed by atoms with E-state index in [2.05, 4.69) is 20.5 Å². The Balaban J connectivity index is 1.89. The van der Waals surface area contributed by atoms with E-state index in [1.165, 1.54) is 12.1 Å². The van der Waals surface area contributed by atoms with Gasteiger partial charge in [-0.15, -0.1) is 10.2 Å². The molecular weight excluding hydrogens is 364 g/mol.